The monoisotopic (exact) mass is 310 g/mol. The summed E-state index contributed by atoms with van der Waals surface area (Å²) >= 11 is 0. The van der Waals surface area contributed by atoms with Crippen LogP contribution >= 0.6 is 0 Å². The summed E-state index contributed by atoms with van der Waals surface area (Å²) in [5.41, 5.74) is 1.34. The zero-order valence-corrected chi connectivity index (χ0v) is 13.6. The Hall–Kier alpha value is -0.910. The number of nitrogens with zero attached hydrogens (tertiary/aromatic N) is 1. The second-order valence-corrected chi connectivity index (χ2v) is 8.15. The maximum Gasteiger partial charge on any atom is 0.150 e. The molecule has 0 aromatic heterocycles. The van der Waals surface area contributed by atoms with Gasteiger partial charge in [0.05, 0.1) is 5.75 Å². The van der Waals surface area contributed by atoms with Crippen molar-refractivity contribution < 1.29 is 8.42 Å². The van der Waals surface area contributed by atoms with E-state index in [9.17, 15) is 8.42 Å². The van der Waals surface area contributed by atoms with E-state index in [0.29, 0.717) is 11.8 Å². The minimum absolute atomic E-state index is 0.252. The first-order chi connectivity index (χ1) is 10.1. The molecule has 1 saturated heterocycles. The van der Waals surface area contributed by atoms with E-state index in [4.69, 9.17) is 0 Å². The van der Waals surface area contributed by atoms with Crippen LogP contribution in [0.2, 0.25) is 0 Å². The summed E-state index contributed by atoms with van der Waals surface area (Å²) in [6.07, 6.45) is 1.76. The molecule has 1 heterocycles. The Balaban J connectivity index is 1.87. The summed E-state index contributed by atoms with van der Waals surface area (Å²) in [5, 5.41) is 3.44. The first kappa shape index (κ1) is 16.5. The molecule has 1 unspecified atom stereocenters. The third-order valence-electron chi connectivity index (χ3n) is 4.13. The van der Waals surface area contributed by atoms with Crippen molar-refractivity contribution in [3.8, 4) is 0 Å². The van der Waals surface area contributed by atoms with Gasteiger partial charge in [0.25, 0.3) is 0 Å². The zero-order chi connectivity index (χ0) is 15.1. The molecule has 1 aromatic carbocycles. The molecule has 0 bridgehead atoms. The van der Waals surface area contributed by atoms with E-state index >= 15 is 0 Å². The standard InChI is InChI=1S/C16H26N2O2S/c1-2-21(19,20)12-6-10-18-11-9-17-14-16(18)13-15-7-4-3-5-8-15/h3-5,7-8,16-17H,2,6,9-14H2,1H3. The van der Waals surface area contributed by atoms with Crippen LogP contribution in [0.3, 0.4) is 0 Å². The van der Waals surface area contributed by atoms with Crippen molar-refractivity contribution in [2.45, 2.75) is 25.8 Å². The number of benzene rings is 1. The van der Waals surface area contributed by atoms with Crippen LogP contribution in [0.15, 0.2) is 30.3 Å². The molecule has 5 heteroatoms. The van der Waals surface area contributed by atoms with E-state index in [2.05, 4.69) is 34.5 Å². The molecule has 0 spiro atoms. The maximum absolute atomic E-state index is 11.6. The number of hydrogen-bond acceptors (Lipinski definition) is 4. The molecule has 0 radical (unpaired) electrons. The van der Waals surface area contributed by atoms with Crippen LogP contribution in [0, 0.1) is 0 Å². The van der Waals surface area contributed by atoms with Crippen molar-refractivity contribution in [1.82, 2.24) is 10.2 Å². The van der Waals surface area contributed by atoms with Crippen LogP contribution in [-0.2, 0) is 16.3 Å². The number of piperazine rings is 1. The van der Waals surface area contributed by atoms with E-state index in [1.165, 1.54) is 5.56 Å². The Labute approximate surface area is 128 Å². The lowest BCUT2D eigenvalue weighted by Gasteiger charge is -2.36. The van der Waals surface area contributed by atoms with Crippen LogP contribution in [0.25, 0.3) is 0 Å². The van der Waals surface area contributed by atoms with Crippen molar-refractivity contribution in [2.75, 3.05) is 37.7 Å². The van der Waals surface area contributed by atoms with Crippen molar-refractivity contribution in [1.29, 1.82) is 0 Å². The lowest BCUT2D eigenvalue weighted by molar-refractivity contribution is 0.161. The van der Waals surface area contributed by atoms with Gasteiger partial charge in [-0.25, -0.2) is 8.42 Å². The van der Waals surface area contributed by atoms with E-state index in [1.807, 2.05) is 6.07 Å². The highest BCUT2D eigenvalue weighted by Gasteiger charge is 2.22. The largest absolute Gasteiger partial charge is 0.314 e. The topological polar surface area (TPSA) is 49.4 Å². The Morgan fingerprint density at radius 3 is 2.76 bits per heavy atom. The van der Waals surface area contributed by atoms with Crippen molar-refractivity contribution >= 4 is 9.84 Å². The molecule has 1 atom stereocenters. The van der Waals surface area contributed by atoms with Gasteiger partial charge in [-0.3, -0.25) is 4.90 Å². The summed E-state index contributed by atoms with van der Waals surface area (Å²) in [5.74, 6) is 0.563. The smallest absolute Gasteiger partial charge is 0.150 e. The summed E-state index contributed by atoms with van der Waals surface area (Å²) in [4.78, 5) is 2.44. The molecule has 1 aromatic rings. The lowest BCUT2D eigenvalue weighted by Crippen LogP contribution is -2.52. The van der Waals surface area contributed by atoms with Crippen LogP contribution in [-0.4, -0.2) is 57.0 Å². The average Bonchev–Trinajstić information content (AvgIpc) is 2.50. The fourth-order valence-corrected chi connectivity index (χ4v) is 3.67. The zero-order valence-electron chi connectivity index (χ0n) is 12.8. The predicted molar refractivity (Wildman–Crippen MR) is 87.3 cm³/mol. The van der Waals surface area contributed by atoms with Gasteiger partial charge in [-0.1, -0.05) is 37.3 Å². The highest BCUT2D eigenvalue weighted by molar-refractivity contribution is 7.91. The molecular formula is C16H26N2O2S. The quantitative estimate of drug-likeness (QED) is 0.825. The van der Waals surface area contributed by atoms with Gasteiger partial charge in [0.2, 0.25) is 0 Å². The molecule has 0 aliphatic carbocycles. The fraction of sp³-hybridized carbons (Fsp3) is 0.625. The highest BCUT2D eigenvalue weighted by atomic mass is 32.2. The molecular weight excluding hydrogens is 284 g/mol. The SMILES string of the molecule is CCS(=O)(=O)CCCN1CCNCC1Cc1ccccc1. The first-order valence-corrected chi connectivity index (χ1v) is 9.62. The molecule has 2 rings (SSSR count). The molecule has 1 aliphatic heterocycles. The van der Waals surface area contributed by atoms with Gasteiger partial charge in [0.1, 0.15) is 9.84 Å². The van der Waals surface area contributed by atoms with Gasteiger partial charge in [-0.15, -0.1) is 0 Å². The average molecular weight is 310 g/mol. The number of nitrogens with one attached hydrogen (secondary N) is 1. The van der Waals surface area contributed by atoms with Gasteiger partial charge in [0, 0.05) is 31.4 Å². The summed E-state index contributed by atoms with van der Waals surface area (Å²) in [6.45, 7) is 5.57. The van der Waals surface area contributed by atoms with Crippen LogP contribution in [0.1, 0.15) is 18.9 Å². The summed E-state index contributed by atoms with van der Waals surface area (Å²) in [7, 11) is -2.84. The fourth-order valence-electron chi connectivity index (χ4n) is 2.82. The highest BCUT2D eigenvalue weighted by Crippen LogP contribution is 2.12. The third kappa shape index (κ3) is 5.41. The molecule has 21 heavy (non-hydrogen) atoms. The van der Waals surface area contributed by atoms with Gasteiger partial charge < -0.3 is 5.32 Å². The second-order valence-electron chi connectivity index (χ2n) is 5.67. The van der Waals surface area contributed by atoms with E-state index in [1.54, 1.807) is 6.92 Å². The number of rotatable bonds is 7. The normalized spacial score (nSPS) is 20.5. The molecule has 0 saturated carbocycles. The predicted octanol–water partition coefficient (Wildman–Crippen LogP) is 1.33. The molecule has 4 nitrogen and oxygen atoms in total. The number of sulfone groups is 1. The Bertz CT molecular complexity index is 516. The third-order valence-corrected chi connectivity index (χ3v) is 5.92. The minimum Gasteiger partial charge on any atom is -0.314 e. The maximum atomic E-state index is 11.6. The molecule has 118 valence electrons. The van der Waals surface area contributed by atoms with E-state index in [-0.39, 0.29) is 5.75 Å². The van der Waals surface area contributed by atoms with Crippen LogP contribution in [0.4, 0.5) is 0 Å². The first-order valence-electron chi connectivity index (χ1n) is 7.80. The van der Waals surface area contributed by atoms with Gasteiger partial charge in [0.15, 0.2) is 0 Å². The van der Waals surface area contributed by atoms with Gasteiger partial charge in [-0.2, -0.15) is 0 Å². The molecule has 1 aliphatic rings. The van der Waals surface area contributed by atoms with Crippen molar-refractivity contribution in [2.24, 2.45) is 0 Å². The Morgan fingerprint density at radius 2 is 2.05 bits per heavy atom. The Morgan fingerprint density at radius 1 is 1.29 bits per heavy atom. The van der Waals surface area contributed by atoms with Crippen molar-refractivity contribution in [3.63, 3.8) is 0 Å². The second kappa shape index (κ2) is 7.92. The summed E-state index contributed by atoms with van der Waals surface area (Å²) < 4.78 is 23.2. The van der Waals surface area contributed by atoms with Crippen molar-refractivity contribution in [3.05, 3.63) is 35.9 Å². The summed E-state index contributed by atoms with van der Waals surface area (Å²) in [6, 6.07) is 11.0. The van der Waals surface area contributed by atoms with Crippen LogP contribution in [0.5, 0.6) is 0 Å². The minimum atomic E-state index is -2.84. The molecule has 0 amide bonds. The number of hydrogen-bond donors (Lipinski definition) is 1. The van der Waals surface area contributed by atoms with Gasteiger partial charge in [-0.05, 0) is 24.9 Å². The van der Waals surface area contributed by atoms with E-state index in [0.717, 1.165) is 39.0 Å². The lowest BCUT2D eigenvalue weighted by atomic mass is 10.0. The molecule has 1 fully saturated rings. The van der Waals surface area contributed by atoms with Gasteiger partial charge >= 0.3 is 0 Å². The Kier molecular flexibility index (Phi) is 6.21. The molecule has 1 N–H and O–H groups in total. The van der Waals surface area contributed by atoms with E-state index < -0.39 is 9.84 Å². The van der Waals surface area contributed by atoms with Crippen LogP contribution < -0.4 is 5.32 Å².